The number of carbonyl (C=O) groups excluding carboxylic acids is 1. The lowest BCUT2D eigenvalue weighted by molar-refractivity contribution is 0.0654. The number of nitrogens with one attached hydrogen (secondary N) is 2. The molecule has 2 atom stereocenters. The Morgan fingerprint density at radius 1 is 1.24 bits per heavy atom. The fourth-order valence-electron chi connectivity index (χ4n) is 4.96. The normalized spacial score (nSPS) is 20.4. The second-order valence-corrected chi connectivity index (χ2v) is 8.72. The highest BCUT2D eigenvalue weighted by atomic mass is 19.1. The lowest BCUT2D eigenvalue weighted by Gasteiger charge is -2.54. The molecule has 9 heteroatoms. The molecule has 2 fully saturated rings. The van der Waals surface area contributed by atoms with E-state index in [0.29, 0.717) is 24.7 Å². The standard InChI is InChI=1S/C24H27FN6O2/c1-3-15-11-17-18(29-23(15)32)10-14(12-27-17)13-30-8-9-31(20-7-6-19(20)30)21-5-4-16(24(33)26-2)28-22(21)25/h4-5,10-12,19-20H,3,6-9,13H2,1-2H3,(H,26,33)(H,29,32). The Morgan fingerprint density at radius 3 is 2.76 bits per heavy atom. The summed E-state index contributed by atoms with van der Waals surface area (Å²) in [6.07, 6.45) is 4.58. The van der Waals surface area contributed by atoms with Crippen molar-refractivity contribution in [1.29, 1.82) is 0 Å². The number of amides is 1. The fourth-order valence-corrected chi connectivity index (χ4v) is 4.96. The lowest BCUT2D eigenvalue weighted by Crippen LogP contribution is -2.64. The van der Waals surface area contributed by atoms with Gasteiger partial charge in [0.1, 0.15) is 5.69 Å². The molecule has 2 unspecified atom stereocenters. The molecular weight excluding hydrogens is 423 g/mol. The van der Waals surface area contributed by atoms with Gasteiger partial charge < -0.3 is 15.2 Å². The zero-order valence-electron chi connectivity index (χ0n) is 18.8. The first-order valence-electron chi connectivity index (χ1n) is 11.4. The predicted molar refractivity (Wildman–Crippen MR) is 124 cm³/mol. The number of aryl methyl sites for hydroxylation is 1. The van der Waals surface area contributed by atoms with Crippen molar-refractivity contribution in [2.24, 2.45) is 0 Å². The Balaban J connectivity index is 1.33. The zero-order chi connectivity index (χ0) is 23.1. The molecule has 1 aliphatic carbocycles. The summed E-state index contributed by atoms with van der Waals surface area (Å²) in [5.74, 6) is -1.01. The highest BCUT2D eigenvalue weighted by Gasteiger charge is 2.43. The summed E-state index contributed by atoms with van der Waals surface area (Å²) in [5, 5.41) is 2.47. The molecule has 5 rings (SSSR count). The minimum atomic E-state index is -0.607. The van der Waals surface area contributed by atoms with E-state index in [-0.39, 0.29) is 17.3 Å². The van der Waals surface area contributed by atoms with Crippen LogP contribution in [0, 0.1) is 5.95 Å². The highest BCUT2D eigenvalue weighted by molar-refractivity contribution is 5.92. The number of anilines is 1. The Morgan fingerprint density at radius 2 is 2.06 bits per heavy atom. The van der Waals surface area contributed by atoms with Crippen LogP contribution in [0.4, 0.5) is 10.1 Å². The Labute approximate surface area is 190 Å². The summed E-state index contributed by atoms with van der Waals surface area (Å²) < 4.78 is 14.8. The van der Waals surface area contributed by atoms with Crippen LogP contribution in [0.1, 0.15) is 41.4 Å². The number of hydrogen-bond donors (Lipinski definition) is 2. The quantitative estimate of drug-likeness (QED) is 0.579. The molecule has 4 heterocycles. The van der Waals surface area contributed by atoms with Gasteiger partial charge in [-0.25, -0.2) is 4.98 Å². The van der Waals surface area contributed by atoms with Crippen LogP contribution in [0.3, 0.4) is 0 Å². The molecule has 1 aliphatic heterocycles. The van der Waals surface area contributed by atoms with Gasteiger partial charge in [-0.15, -0.1) is 0 Å². The molecule has 2 aliphatic rings. The van der Waals surface area contributed by atoms with E-state index in [1.807, 2.05) is 25.3 Å². The molecule has 1 saturated heterocycles. The van der Waals surface area contributed by atoms with Crippen molar-refractivity contribution in [3.05, 3.63) is 63.6 Å². The Kier molecular flexibility index (Phi) is 5.57. The van der Waals surface area contributed by atoms with Crippen molar-refractivity contribution in [2.45, 2.75) is 44.8 Å². The van der Waals surface area contributed by atoms with E-state index in [1.54, 1.807) is 12.1 Å². The van der Waals surface area contributed by atoms with Crippen molar-refractivity contribution in [3.63, 3.8) is 0 Å². The molecule has 1 amide bonds. The van der Waals surface area contributed by atoms with Gasteiger partial charge in [0.15, 0.2) is 0 Å². The van der Waals surface area contributed by atoms with Crippen LogP contribution in [0.25, 0.3) is 11.0 Å². The summed E-state index contributed by atoms with van der Waals surface area (Å²) >= 11 is 0. The summed E-state index contributed by atoms with van der Waals surface area (Å²) in [6, 6.07) is 7.62. The first kappa shape index (κ1) is 21.5. The minimum absolute atomic E-state index is 0.0605. The number of carbonyl (C=O) groups is 1. The van der Waals surface area contributed by atoms with Gasteiger partial charge in [-0.3, -0.25) is 19.5 Å². The number of halogens is 1. The van der Waals surface area contributed by atoms with Crippen molar-refractivity contribution < 1.29 is 9.18 Å². The first-order valence-corrected chi connectivity index (χ1v) is 11.4. The zero-order valence-corrected chi connectivity index (χ0v) is 18.8. The monoisotopic (exact) mass is 450 g/mol. The van der Waals surface area contributed by atoms with Gasteiger partial charge in [-0.2, -0.15) is 4.39 Å². The van der Waals surface area contributed by atoms with Crippen LogP contribution in [-0.2, 0) is 13.0 Å². The van der Waals surface area contributed by atoms with E-state index < -0.39 is 11.9 Å². The third-order valence-corrected chi connectivity index (χ3v) is 6.89. The Hall–Kier alpha value is -3.33. The number of rotatable bonds is 5. The third kappa shape index (κ3) is 3.86. The topological polar surface area (TPSA) is 94.2 Å². The van der Waals surface area contributed by atoms with Gasteiger partial charge in [0.25, 0.3) is 11.5 Å². The molecule has 1 saturated carbocycles. The second kappa shape index (κ2) is 8.55. The van der Waals surface area contributed by atoms with Crippen LogP contribution in [0.5, 0.6) is 0 Å². The fraction of sp³-hybridized carbons (Fsp3) is 0.417. The SMILES string of the molecule is CCc1cc2ncc(CN3CCN(c4ccc(C(=O)NC)nc4F)C4CCC43)cc2[nH]c1=O. The first-order chi connectivity index (χ1) is 16.0. The second-order valence-electron chi connectivity index (χ2n) is 8.72. The van der Waals surface area contributed by atoms with E-state index in [2.05, 4.69) is 30.1 Å². The van der Waals surface area contributed by atoms with Crippen LogP contribution in [0.2, 0.25) is 0 Å². The number of piperazine rings is 1. The molecule has 0 bridgehead atoms. The van der Waals surface area contributed by atoms with Crippen molar-refractivity contribution in [1.82, 2.24) is 25.2 Å². The average Bonchev–Trinajstić information content (AvgIpc) is 2.79. The largest absolute Gasteiger partial charge is 0.362 e. The molecule has 172 valence electrons. The number of H-pyrrole nitrogens is 1. The number of aromatic amines is 1. The van der Waals surface area contributed by atoms with Gasteiger partial charge in [-0.1, -0.05) is 6.92 Å². The molecule has 0 radical (unpaired) electrons. The molecule has 3 aromatic rings. The highest BCUT2D eigenvalue weighted by Crippen LogP contribution is 2.37. The third-order valence-electron chi connectivity index (χ3n) is 6.89. The van der Waals surface area contributed by atoms with Crippen molar-refractivity contribution >= 4 is 22.6 Å². The molecule has 3 aromatic heterocycles. The van der Waals surface area contributed by atoms with Crippen LogP contribution >= 0.6 is 0 Å². The molecule has 2 N–H and O–H groups in total. The van der Waals surface area contributed by atoms with Crippen molar-refractivity contribution in [3.8, 4) is 0 Å². The maximum atomic E-state index is 14.8. The summed E-state index contributed by atoms with van der Waals surface area (Å²) in [5.41, 5.74) is 3.80. The molecule has 33 heavy (non-hydrogen) atoms. The molecular formula is C24H27FN6O2. The Bertz CT molecular complexity index is 1280. The van der Waals surface area contributed by atoms with Gasteiger partial charge in [0, 0.05) is 50.5 Å². The smallest absolute Gasteiger partial charge is 0.269 e. The number of pyridine rings is 3. The maximum absolute atomic E-state index is 14.8. The number of aromatic nitrogens is 3. The van der Waals surface area contributed by atoms with Crippen LogP contribution in [-0.4, -0.2) is 58.0 Å². The maximum Gasteiger partial charge on any atom is 0.269 e. The summed E-state index contributed by atoms with van der Waals surface area (Å²) in [4.78, 5) is 39.8. The van der Waals surface area contributed by atoms with E-state index in [9.17, 15) is 14.0 Å². The molecule has 0 aromatic carbocycles. The van der Waals surface area contributed by atoms with E-state index >= 15 is 0 Å². The van der Waals surface area contributed by atoms with Crippen molar-refractivity contribution in [2.75, 3.05) is 25.0 Å². The molecule has 0 spiro atoms. The minimum Gasteiger partial charge on any atom is -0.362 e. The number of nitrogens with zero attached hydrogens (tertiary/aromatic N) is 4. The van der Waals surface area contributed by atoms with Gasteiger partial charge >= 0.3 is 0 Å². The number of fused-ring (bicyclic) bond motifs is 2. The number of hydrogen-bond acceptors (Lipinski definition) is 6. The lowest BCUT2D eigenvalue weighted by atomic mass is 9.81. The predicted octanol–water partition coefficient (Wildman–Crippen LogP) is 2.23. The van der Waals surface area contributed by atoms with E-state index in [4.69, 9.17) is 0 Å². The van der Waals surface area contributed by atoms with Gasteiger partial charge in [0.2, 0.25) is 5.95 Å². The van der Waals surface area contributed by atoms with E-state index in [1.165, 1.54) is 7.05 Å². The summed E-state index contributed by atoms with van der Waals surface area (Å²) in [7, 11) is 1.50. The van der Waals surface area contributed by atoms with Gasteiger partial charge in [-0.05, 0) is 49.1 Å². The van der Waals surface area contributed by atoms with E-state index in [0.717, 1.165) is 48.1 Å². The molecule has 8 nitrogen and oxygen atoms in total. The average molecular weight is 451 g/mol. The van der Waals surface area contributed by atoms with Crippen LogP contribution < -0.4 is 15.8 Å². The summed E-state index contributed by atoms with van der Waals surface area (Å²) in [6.45, 7) is 4.14. The van der Waals surface area contributed by atoms with Crippen LogP contribution in [0.15, 0.2) is 35.3 Å². The van der Waals surface area contributed by atoms with Gasteiger partial charge in [0.05, 0.1) is 16.7 Å².